The number of aryl methyl sites for hydroxylation is 2. The van der Waals surface area contributed by atoms with Gasteiger partial charge in [0.25, 0.3) is 10.0 Å². The van der Waals surface area contributed by atoms with Gasteiger partial charge in [-0.2, -0.15) is 9.40 Å². The highest BCUT2D eigenvalue weighted by Crippen LogP contribution is 2.28. The Morgan fingerprint density at radius 2 is 2.10 bits per heavy atom. The first-order valence-corrected chi connectivity index (χ1v) is 11.7. The highest BCUT2D eigenvalue weighted by atomic mass is 32.2. The third kappa shape index (κ3) is 4.57. The molecule has 31 heavy (non-hydrogen) atoms. The van der Waals surface area contributed by atoms with Crippen molar-refractivity contribution in [2.24, 2.45) is 5.92 Å². The fraction of sp³-hybridized carbons (Fsp3) is 0.364. The number of aromatic amines is 1. The third-order valence-corrected chi connectivity index (χ3v) is 7.39. The molecule has 0 aliphatic carbocycles. The number of hydrogen-bond donors (Lipinski definition) is 2. The van der Waals surface area contributed by atoms with E-state index in [4.69, 9.17) is 4.42 Å². The Kier molecular flexibility index (Phi) is 5.97. The van der Waals surface area contributed by atoms with Gasteiger partial charge in [-0.3, -0.25) is 9.89 Å². The van der Waals surface area contributed by atoms with Crippen molar-refractivity contribution in [2.45, 2.75) is 38.3 Å². The van der Waals surface area contributed by atoms with Crippen LogP contribution in [0.3, 0.4) is 0 Å². The summed E-state index contributed by atoms with van der Waals surface area (Å²) in [7, 11) is -3.83. The lowest BCUT2D eigenvalue weighted by molar-refractivity contribution is -0.126. The van der Waals surface area contributed by atoms with Gasteiger partial charge in [-0.15, -0.1) is 0 Å². The summed E-state index contributed by atoms with van der Waals surface area (Å²) in [5.74, 6) is -0.120. The lowest BCUT2D eigenvalue weighted by atomic mass is 9.98. The van der Waals surface area contributed by atoms with E-state index in [1.807, 2.05) is 26.0 Å². The Balaban J connectivity index is 1.42. The number of amides is 1. The fourth-order valence-electron chi connectivity index (χ4n) is 3.82. The molecule has 0 radical (unpaired) electrons. The second-order valence-corrected chi connectivity index (χ2v) is 9.81. The smallest absolute Gasteiger partial charge is 0.276 e. The summed E-state index contributed by atoms with van der Waals surface area (Å²) in [5, 5.41) is 9.44. The molecule has 8 nitrogen and oxygen atoms in total. The zero-order chi connectivity index (χ0) is 22.0. The highest BCUT2D eigenvalue weighted by Gasteiger charge is 2.35. The Morgan fingerprint density at radius 1 is 1.26 bits per heavy atom. The number of furan rings is 1. The summed E-state index contributed by atoms with van der Waals surface area (Å²) in [6, 6.07) is 10.9. The highest BCUT2D eigenvalue weighted by molar-refractivity contribution is 7.89. The van der Waals surface area contributed by atoms with E-state index in [9.17, 15) is 13.2 Å². The number of H-pyrrole nitrogens is 1. The molecular formula is C22H26N4O4S. The van der Waals surface area contributed by atoms with Crippen molar-refractivity contribution in [1.29, 1.82) is 0 Å². The van der Waals surface area contributed by atoms with Gasteiger partial charge in [0.05, 0.1) is 5.92 Å². The molecule has 3 aromatic rings. The van der Waals surface area contributed by atoms with Crippen molar-refractivity contribution in [1.82, 2.24) is 19.8 Å². The second-order valence-electron chi connectivity index (χ2n) is 7.94. The van der Waals surface area contributed by atoms with E-state index in [1.54, 1.807) is 18.3 Å². The third-order valence-electron chi connectivity index (χ3n) is 5.65. The van der Waals surface area contributed by atoms with Crippen LogP contribution in [0.2, 0.25) is 0 Å². The van der Waals surface area contributed by atoms with Gasteiger partial charge >= 0.3 is 0 Å². The van der Waals surface area contributed by atoms with E-state index < -0.39 is 15.9 Å². The normalized spacial score (nSPS) is 17.5. The number of aromatic nitrogens is 2. The molecule has 1 amide bonds. The first-order chi connectivity index (χ1) is 14.8. The molecule has 0 saturated carbocycles. The molecule has 1 aliphatic rings. The van der Waals surface area contributed by atoms with Gasteiger partial charge in [0.1, 0.15) is 5.69 Å². The molecule has 4 rings (SSSR count). The summed E-state index contributed by atoms with van der Waals surface area (Å²) in [5.41, 5.74) is 3.92. The number of sulfonamides is 1. The predicted octanol–water partition coefficient (Wildman–Crippen LogP) is 3.00. The average molecular weight is 443 g/mol. The Morgan fingerprint density at radius 3 is 2.87 bits per heavy atom. The van der Waals surface area contributed by atoms with Crippen LogP contribution < -0.4 is 5.32 Å². The Hall–Kier alpha value is -2.91. The molecule has 1 unspecified atom stereocenters. The predicted molar refractivity (Wildman–Crippen MR) is 116 cm³/mol. The zero-order valence-corrected chi connectivity index (χ0v) is 18.4. The average Bonchev–Trinajstić information content (AvgIpc) is 3.46. The van der Waals surface area contributed by atoms with Gasteiger partial charge in [0, 0.05) is 25.8 Å². The SMILES string of the molecule is Cc1ccc(C)c(CNC(=O)C2CCCN(S(=O)(=O)c3ccc(-c4ccn[nH]4)o3)C2)c1. The van der Waals surface area contributed by atoms with Crippen LogP contribution in [-0.4, -0.2) is 41.9 Å². The summed E-state index contributed by atoms with van der Waals surface area (Å²) < 4.78 is 33.1. The van der Waals surface area contributed by atoms with Crippen molar-refractivity contribution in [2.75, 3.05) is 13.1 Å². The summed E-state index contributed by atoms with van der Waals surface area (Å²) >= 11 is 0. The van der Waals surface area contributed by atoms with Gasteiger partial charge in [0.15, 0.2) is 5.76 Å². The van der Waals surface area contributed by atoms with E-state index in [0.717, 1.165) is 16.7 Å². The lowest BCUT2D eigenvalue weighted by Crippen LogP contribution is -2.45. The molecule has 0 spiro atoms. The molecule has 1 atom stereocenters. The number of benzene rings is 1. The topological polar surface area (TPSA) is 108 Å². The van der Waals surface area contributed by atoms with E-state index in [2.05, 4.69) is 21.6 Å². The molecule has 1 aliphatic heterocycles. The second kappa shape index (κ2) is 8.68. The lowest BCUT2D eigenvalue weighted by Gasteiger charge is -2.30. The molecule has 0 bridgehead atoms. The van der Waals surface area contributed by atoms with E-state index in [1.165, 1.54) is 10.4 Å². The Bertz CT molecular complexity index is 1170. The minimum Gasteiger partial charge on any atom is -0.442 e. The van der Waals surface area contributed by atoms with Crippen LogP contribution in [0, 0.1) is 19.8 Å². The molecule has 2 aromatic heterocycles. The summed E-state index contributed by atoms with van der Waals surface area (Å²) in [6.07, 6.45) is 2.84. The van der Waals surface area contributed by atoms with Crippen LogP contribution in [0.25, 0.3) is 11.5 Å². The van der Waals surface area contributed by atoms with Crippen LogP contribution in [0.4, 0.5) is 0 Å². The monoisotopic (exact) mass is 442 g/mol. The summed E-state index contributed by atoms with van der Waals surface area (Å²) in [4.78, 5) is 12.8. The number of carbonyl (C=O) groups is 1. The quantitative estimate of drug-likeness (QED) is 0.610. The molecule has 1 fully saturated rings. The number of rotatable bonds is 6. The van der Waals surface area contributed by atoms with Gasteiger partial charge in [0.2, 0.25) is 11.0 Å². The van der Waals surface area contributed by atoms with Crippen LogP contribution in [0.15, 0.2) is 52.1 Å². The Labute approximate surface area is 181 Å². The van der Waals surface area contributed by atoms with Gasteiger partial charge in [-0.1, -0.05) is 23.8 Å². The molecule has 2 N–H and O–H groups in total. The van der Waals surface area contributed by atoms with Crippen LogP contribution in [-0.2, 0) is 21.4 Å². The van der Waals surface area contributed by atoms with Crippen LogP contribution in [0.1, 0.15) is 29.5 Å². The number of carbonyl (C=O) groups excluding carboxylic acids is 1. The molecule has 1 aromatic carbocycles. The first-order valence-electron chi connectivity index (χ1n) is 10.3. The molecule has 164 valence electrons. The minimum atomic E-state index is -3.83. The largest absolute Gasteiger partial charge is 0.442 e. The number of nitrogens with zero attached hydrogens (tertiary/aromatic N) is 2. The molecular weight excluding hydrogens is 416 g/mol. The van der Waals surface area contributed by atoms with Crippen LogP contribution in [0.5, 0.6) is 0 Å². The van der Waals surface area contributed by atoms with E-state index in [-0.39, 0.29) is 17.5 Å². The maximum Gasteiger partial charge on any atom is 0.276 e. The van der Waals surface area contributed by atoms with Crippen molar-refractivity contribution >= 4 is 15.9 Å². The van der Waals surface area contributed by atoms with E-state index >= 15 is 0 Å². The van der Waals surface area contributed by atoms with Crippen molar-refractivity contribution in [3.05, 3.63) is 59.3 Å². The number of hydrogen-bond acceptors (Lipinski definition) is 5. The fourth-order valence-corrected chi connectivity index (χ4v) is 5.25. The van der Waals surface area contributed by atoms with Crippen molar-refractivity contribution in [3.63, 3.8) is 0 Å². The minimum absolute atomic E-state index is 0.126. The number of piperidine rings is 1. The van der Waals surface area contributed by atoms with Crippen LogP contribution >= 0.6 is 0 Å². The number of nitrogens with one attached hydrogen (secondary N) is 2. The maximum absolute atomic E-state index is 13.1. The van der Waals surface area contributed by atoms with Gasteiger partial charge in [-0.25, -0.2) is 8.42 Å². The van der Waals surface area contributed by atoms with Gasteiger partial charge in [-0.05, 0) is 56.0 Å². The molecule has 1 saturated heterocycles. The van der Waals surface area contributed by atoms with E-state index in [0.29, 0.717) is 37.4 Å². The maximum atomic E-state index is 13.1. The van der Waals surface area contributed by atoms with Crippen molar-refractivity contribution < 1.29 is 17.6 Å². The first kappa shape index (κ1) is 21.3. The van der Waals surface area contributed by atoms with Gasteiger partial charge < -0.3 is 9.73 Å². The zero-order valence-electron chi connectivity index (χ0n) is 17.6. The summed E-state index contributed by atoms with van der Waals surface area (Å²) in [6.45, 7) is 4.96. The molecule has 9 heteroatoms. The van der Waals surface area contributed by atoms with Crippen molar-refractivity contribution in [3.8, 4) is 11.5 Å². The standard InChI is InChI=1S/C22H26N4O4S/c1-15-5-6-16(2)18(12-15)13-23-22(27)17-4-3-11-26(14-17)31(28,29)21-8-7-20(30-21)19-9-10-24-25-19/h5-10,12,17H,3-4,11,13-14H2,1-2H3,(H,23,27)(H,24,25). The molecule has 3 heterocycles.